The highest BCUT2D eigenvalue weighted by Crippen LogP contribution is 2.28. The molecule has 1 fully saturated rings. The Bertz CT molecular complexity index is 663. The van der Waals surface area contributed by atoms with Gasteiger partial charge in [0.25, 0.3) is 0 Å². The lowest BCUT2D eigenvalue weighted by Crippen LogP contribution is -2.45. The molecule has 25 heavy (non-hydrogen) atoms. The summed E-state index contributed by atoms with van der Waals surface area (Å²) in [4.78, 5) is 17.2. The highest BCUT2D eigenvalue weighted by molar-refractivity contribution is 7.17. The molecule has 1 amide bonds. The summed E-state index contributed by atoms with van der Waals surface area (Å²) >= 11 is 1.58. The van der Waals surface area contributed by atoms with Crippen LogP contribution >= 0.6 is 11.3 Å². The van der Waals surface area contributed by atoms with Gasteiger partial charge in [-0.05, 0) is 37.8 Å². The molecule has 0 bridgehead atoms. The SMILES string of the molecule is CCCN(CCC)C(=O)[C@H]1CCCN(c2nnc(-n3cccc3)s2)C1. The van der Waals surface area contributed by atoms with Crippen LogP contribution in [0.2, 0.25) is 0 Å². The predicted octanol–water partition coefficient (Wildman–Crippen LogP) is 3.19. The van der Waals surface area contributed by atoms with Gasteiger partial charge in [0.2, 0.25) is 16.2 Å². The first-order valence-electron chi connectivity index (χ1n) is 9.23. The summed E-state index contributed by atoms with van der Waals surface area (Å²) in [5.74, 6) is 0.384. The quantitative estimate of drug-likeness (QED) is 0.760. The minimum absolute atomic E-state index is 0.0748. The summed E-state index contributed by atoms with van der Waals surface area (Å²) in [7, 11) is 0. The highest BCUT2D eigenvalue weighted by Gasteiger charge is 2.30. The van der Waals surface area contributed by atoms with Crippen LogP contribution in [-0.4, -0.2) is 51.8 Å². The summed E-state index contributed by atoms with van der Waals surface area (Å²) in [6.07, 6.45) is 7.97. The Morgan fingerprint density at radius 3 is 2.56 bits per heavy atom. The molecule has 136 valence electrons. The van der Waals surface area contributed by atoms with Crippen LogP contribution in [0.5, 0.6) is 0 Å². The lowest BCUT2D eigenvalue weighted by atomic mass is 9.96. The first-order chi connectivity index (χ1) is 12.2. The number of nitrogens with zero attached hydrogens (tertiary/aromatic N) is 5. The summed E-state index contributed by atoms with van der Waals surface area (Å²) in [6.45, 7) is 7.69. The van der Waals surface area contributed by atoms with Gasteiger partial charge in [0.1, 0.15) is 0 Å². The monoisotopic (exact) mass is 361 g/mol. The molecular weight excluding hydrogens is 334 g/mol. The third-order valence-electron chi connectivity index (χ3n) is 4.57. The number of hydrogen-bond donors (Lipinski definition) is 0. The zero-order valence-electron chi connectivity index (χ0n) is 15.1. The average Bonchev–Trinajstić information content (AvgIpc) is 3.32. The van der Waals surface area contributed by atoms with Crippen molar-refractivity contribution in [2.24, 2.45) is 5.92 Å². The van der Waals surface area contributed by atoms with E-state index < -0.39 is 0 Å². The van der Waals surface area contributed by atoms with Gasteiger partial charge in [0, 0.05) is 38.6 Å². The van der Waals surface area contributed by atoms with Crippen LogP contribution in [0.25, 0.3) is 5.13 Å². The van der Waals surface area contributed by atoms with Gasteiger partial charge in [0.15, 0.2) is 0 Å². The van der Waals surface area contributed by atoms with Crippen LogP contribution in [0.15, 0.2) is 24.5 Å². The van der Waals surface area contributed by atoms with Gasteiger partial charge in [0.05, 0.1) is 5.92 Å². The molecule has 0 N–H and O–H groups in total. The van der Waals surface area contributed by atoms with Gasteiger partial charge in [-0.15, -0.1) is 10.2 Å². The molecule has 0 saturated carbocycles. The Hall–Kier alpha value is -1.89. The number of hydrogen-bond acceptors (Lipinski definition) is 5. The zero-order chi connectivity index (χ0) is 17.6. The van der Waals surface area contributed by atoms with Crippen LogP contribution in [0.3, 0.4) is 0 Å². The van der Waals surface area contributed by atoms with Crippen LogP contribution in [-0.2, 0) is 4.79 Å². The number of anilines is 1. The van der Waals surface area contributed by atoms with Crippen LogP contribution in [0.4, 0.5) is 5.13 Å². The lowest BCUT2D eigenvalue weighted by molar-refractivity contribution is -0.135. The predicted molar refractivity (Wildman–Crippen MR) is 101 cm³/mol. The van der Waals surface area contributed by atoms with E-state index in [-0.39, 0.29) is 5.92 Å². The maximum absolute atomic E-state index is 12.9. The molecule has 2 aromatic heterocycles. The number of aromatic nitrogens is 3. The third kappa shape index (κ3) is 4.21. The Morgan fingerprint density at radius 1 is 1.20 bits per heavy atom. The number of carbonyl (C=O) groups excluding carboxylic acids is 1. The van der Waals surface area contributed by atoms with Crippen LogP contribution < -0.4 is 4.90 Å². The minimum atomic E-state index is 0.0748. The minimum Gasteiger partial charge on any atom is -0.346 e. The lowest BCUT2D eigenvalue weighted by Gasteiger charge is -2.34. The van der Waals surface area contributed by atoms with Crippen LogP contribution in [0, 0.1) is 5.92 Å². The second-order valence-electron chi connectivity index (χ2n) is 6.57. The smallest absolute Gasteiger partial charge is 0.227 e. The maximum Gasteiger partial charge on any atom is 0.227 e. The van der Waals surface area contributed by atoms with Crippen molar-refractivity contribution in [3.8, 4) is 5.13 Å². The summed E-state index contributed by atoms with van der Waals surface area (Å²) < 4.78 is 1.97. The molecule has 7 heteroatoms. The second-order valence-corrected chi connectivity index (χ2v) is 7.50. The van der Waals surface area contributed by atoms with E-state index in [9.17, 15) is 4.79 Å². The number of amides is 1. The molecule has 6 nitrogen and oxygen atoms in total. The third-order valence-corrected chi connectivity index (χ3v) is 5.57. The fourth-order valence-corrected chi connectivity index (χ4v) is 4.23. The molecule has 0 spiro atoms. The maximum atomic E-state index is 12.9. The first kappa shape index (κ1) is 17.9. The number of rotatable bonds is 7. The molecule has 1 aliphatic heterocycles. The number of piperidine rings is 1. The largest absolute Gasteiger partial charge is 0.346 e. The fraction of sp³-hybridized carbons (Fsp3) is 0.611. The molecule has 1 aliphatic rings. The van der Waals surface area contributed by atoms with Crippen molar-refractivity contribution in [1.82, 2.24) is 19.7 Å². The van der Waals surface area contributed by atoms with Gasteiger partial charge in [-0.3, -0.25) is 9.36 Å². The highest BCUT2D eigenvalue weighted by atomic mass is 32.1. The standard InChI is InChI=1S/C18H27N5OS/c1-3-9-21(10-4-2)16(24)15-8-7-13-23(14-15)18-20-19-17(25-18)22-11-5-6-12-22/h5-6,11-12,15H,3-4,7-10,13-14H2,1-2H3/t15-/m0/s1. The molecule has 0 radical (unpaired) electrons. The summed E-state index contributed by atoms with van der Waals surface area (Å²) in [5.41, 5.74) is 0. The summed E-state index contributed by atoms with van der Waals surface area (Å²) in [5, 5.41) is 10.4. The Balaban J connectivity index is 1.67. The molecule has 2 aromatic rings. The molecule has 0 unspecified atom stereocenters. The topological polar surface area (TPSA) is 54.3 Å². The first-order valence-corrected chi connectivity index (χ1v) is 10.0. The van der Waals surface area contributed by atoms with Gasteiger partial charge >= 0.3 is 0 Å². The molecule has 1 atom stereocenters. The molecule has 3 heterocycles. The van der Waals surface area contributed by atoms with Crippen molar-refractivity contribution in [3.63, 3.8) is 0 Å². The molecule has 0 aromatic carbocycles. The Kier molecular flexibility index (Phi) is 6.07. The second kappa shape index (κ2) is 8.47. The van der Waals surface area contributed by atoms with Gasteiger partial charge < -0.3 is 9.80 Å². The van der Waals surface area contributed by atoms with Crippen LogP contribution in [0.1, 0.15) is 39.5 Å². The van der Waals surface area contributed by atoms with E-state index in [1.54, 1.807) is 11.3 Å². The molecule has 3 rings (SSSR count). The zero-order valence-corrected chi connectivity index (χ0v) is 15.9. The van der Waals surface area contributed by atoms with E-state index in [2.05, 4.69) is 28.9 Å². The average molecular weight is 362 g/mol. The van der Waals surface area contributed by atoms with E-state index in [0.717, 1.165) is 62.1 Å². The molecule has 0 aliphatic carbocycles. The van der Waals surface area contributed by atoms with Gasteiger partial charge in [-0.2, -0.15) is 0 Å². The van der Waals surface area contributed by atoms with E-state index in [4.69, 9.17) is 0 Å². The van der Waals surface area contributed by atoms with Crippen molar-refractivity contribution < 1.29 is 4.79 Å². The van der Waals surface area contributed by atoms with Gasteiger partial charge in [-0.1, -0.05) is 25.2 Å². The van der Waals surface area contributed by atoms with Crippen molar-refractivity contribution >= 4 is 22.4 Å². The normalized spacial score (nSPS) is 17.7. The van der Waals surface area contributed by atoms with Gasteiger partial charge in [-0.25, -0.2) is 0 Å². The van der Waals surface area contributed by atoms with Crippen molar-refractivity contribution in [1.29, 1.82) is 0 Å². The summed E-state index contributed by atoms with van der Waals surface area (Å²) in [6, 6.07) is 3.96. The fourth-order valence-electron chi connectivity index (χ4n) is 3.38. The Labute approximate surface area is 153 Å². The van der Waals surface area contributed by atoms with Crippen molar-refractivity contribution in [3.05, 3.63) is 24.5 Å². The van der Waals surface area contributed by atoms with E-state index in [1.807, 2.05) is 34.0 Å². The van der Waals surface area contributed by atoms with E-state index in [1.165, 1.54) is 0 Å². The Morgan fingerprint density at radius 2 is 1.88 bits per heavy atom. The molecular formula is C18H27N5OS. The van der Waals surface area contributed by atoms with E-state index in [0.29, 0.717) is 5.91 Å². The molecule has 1 saturated heterocycles. The van der Waals surface area contributed by atoms with E-state index >= 15 is 0 Å². The number of carbonyl (C=O) groups is 1. The van der Waals surface area contributed by atoms with Crippen molar-refractivity contribution in [2.45, 2.75) is 39.5 Å². The van der Waals surface area contributed by atoms with Crippen molar-refractivity contribution in [2.75, 3.05) is 31.1 Å².